The number of nitrogens with zero attached hydrogens (tertiary/aromatic N) is 1. The average molecular weight is 400 g/mol. The van der Waals surface area contributed by atoms with Crippen molar-refractivity contribution in [1.82, 2.24) is 5.32 Å². The fourth-order valence-electron chi connectivity index (χ4n) is 3.29. The lowest BCUT2D eigenvalue weighted by molar-refractivity contribution is -0.122. The molecule has 146 valence electrons. The first-order valence-corrected chi connectivity index (χ1v) is 9.53. The average Bonchev–Trinajstić information content (AvgIpc) is 3.06. The monoisotopic (exact) mass is 399 g/mol. The molecule has 0 aliphatic carbocycles. The van der Waals surface area contributed by atoms with E-state index >= 15 is 0 Å². The summed E-state index contributed by atoms with van der Waals surface area (Å²) in [6.45, 7) is 4.44. The molecule has 1 saturated heterocycles. The lowest BCUT2D eigenvalue weighted by atomic mass is 10.1. The Balaban J connectivity index is 1.76. The smallest absolute Gasteiger partial charge is 0.253 e. The number of carbonyl (C=O) groups is 3. The minimum Gasteiger partial charge on any atom is -0.352 e. The van der Waals surface area contributed by atoms with Crippen molar-refractivity contribution in [2.24, 2.45) is 5.92 Å². The van der Waals surface area contributed by atoms with Crippen LogP contribution >= 0.6 is 11.6 Å². The molecule has 0 radical (unpaired) electrons. The summed E-state index contributed by atoms with van der Waals surface area (Å²) in [5.74, 6) is -1.17. The van der Waals surface area contributed by atoms with Crippen LogP contribution in [0.25, 0.3) is 0 Å². The first kappa shape index (κ1) is 19.9. The van der Waals surface area contributed by atoms with Gasteiger partial charge in [-0.05, 0) is 43.7 Å². The molecule has 0 saturated carbocycles. The lowest BCUT2D eigenvalue weighted by Gasteiger charge is -2.20. The summed E-state index contributed by atoms with van der Waals surface area (Å²) in [5.41, 5.74) is 2.35. The van der Waals surface area contributed by atoms with Gasteiger partial charge in [-0.25, -0.2) is 0 Å². The Morgan fingerprint density at radius 3 is 2.68 bits per heavy atom. The van der Waals surface area contributed by atoms with Crippen molar-refractivity contribution in [3.8, 4) is 0 Å². The molecule has 2 aromatic rings. The van der Waals surface area contributed by atoms with Crippen LogP contribution in [-0.4, -0.2) is 30.8 Å². The molecule has 6 nitrogen and oxygen atoms in total. The highest BCUT2D eigenvalue weighted by atomic mass is 35.5. The number of amides is 3. The van der Waals surface area contributed by atoms with E-state index in [1.807, 2.05) is 19.9 Å². The third-order valence-corrected chi connectivity index (χ3v) is 5.20. The van der Waals surface area contributed by atoms with Gasteiger partial charge in [-0.1, -0.05) is 29.8 Å². The molecule has 1 atom stereocenters. The lowest BCUT2D eigenvalue weighted by Crippen LogP contribution is -2.29. The number of anilines is 2. The molecule has 0 spiro atoms. The van der Waals surface area contributed by atoms with Crippen molar-refractivity contribution in [2.45, 2.75) is 20.3 Å². The highest BCUT2D eigenvalue weighted by Crippen LogP contribution is 2.32. The molecule has 3 rings (SSSR count). The summed E-state index contributed by atoms with van der Waals surface area (Å²) >= 11 is 6.16. The number of nitrogens with one attached hydrogen (secondary N) is 2. The van der Waals surface area contributed by atoms with Crippen LogP contribution in [0.5, 0.6) is 0 Å². The molecule has 1 aliphatic rings. The molecule has 28 heavy (non-hydrogen) atoms. The van der Waals surface area contributed by atoms with Crippen molar-refractivity contribution in [2.75, 3.05) is 23.3 Å². The fraction of sp³-hybridized carbons (Fsp3) is 0.286. The van der Waals surface area contributed by atoms with E-state index in [0.29, 0.717) is 22.8 Å². The number of halogens is 1. The van der Waals surface area contributed by atoms with Gasteiger partial charge in [-0.15, -0.1) is 0 Å². The van der Waals surface area contributed by atoms with Crippen LogP contribution < -0.4 is 15.5 Å². The number of rotatable bonds is 5. The number of hydrogen-bond donors (Lipinski definition) is 2. The second-order valence-corrected chi connectivity index (χ2v) is 7.09. The van der Waals surface area contributed by atoms with E-state index in [0.717, 1.165) is 11.3 Å². The molecule has 3 amide bonds. The zero-order chi connectivity index (χ0) is 20.3. The van der Waals surface area contributed by atoms with Gasteiger partial charge in [0.25, 0.3) is 5.91 Å². The van der Waals surface area contributed by atoms with Crippen molar-refractivity contribution in [1.29, 1.82) is 0 Å². The number of benzene rings is 2. The van der Waals surface area contributed by atoms with Crippen molar-refractivity contribution >= 4 is 40.7 Å². The zero-order valence-corrected chi connectivity index (χ0v) is 16.5. The second kappa shape index (κ2) is 8.44. The predicted octanol–water partition coefficient (Wildman–Crippen LogP) is 3.39. The quantitative estimate of drug-likeness (QED) is 0.808. The topological polar surface area (TPSA) is 78.5 Å². The van der Waals surface area contributed by atoms with Gasteiger partial charge in [0.1, 0.15) is 0 Å². The Hall–Kier alpha value is -2.86. The number of hydrogen-bond acceptors (Lipinski definition) is 3. The van der Waals surface area contributed by atoms with E-state index in [1.165, 1.54) is 0 Å². The molecule has 2 aromatic carbocycles. The molecule has 1 aliphatic heterocycles. The van der Waals surface area contributed by atoms with Gasteiger partial charge in [0.2, 0.25) is 11.8 Å². The van der Waals surface area contributed by atoms with E-state index in [-0.39, 0.29) is 30.7 Å². The van der Waals surface area contributed by atoms with E-state index in [4.69, 9.17) is 11.6 Å². The van der Waals surface area contributed by atoms with Crippen LogP contribution in [0, 0.1) is 12.8 Å². The molecule has 1 heterocycles. The second-order valence-electron chi connectivity index (χ2n) is 6.68. The Kier molecular flexibility index (Phi) is 5.99. The molecule has 0 bridgehead atoms. The fourth-order valence-corrected chi connectivity index (χ4v) is 3.45. The van der Waals surface area contributed by atoms with Crippen LogP contribution in [0.3, 0.4) is 0 Å². The van der Waals surface area contributed by atoms with Crippen LogP contribution in [0.2, 0.25) is 5.02 Å². The summed E-state index contributed by atoms with van der Waals surface area (Å²) in [6.07, 6.45) is 0.112. The number of carbonyl (C=O) groups excluding carboxylic acids is 3. The third kappa shape index (κ3) is 4.02. The van der Waals surface area contributed by atoms with Gasteiger partial charge < -0.3 is 15.5 Å². The maximum Gasteiger partial charge on any atom is 0.253 e. The standard InChI is InChI=1S/C21H22ClN3O3/c1-3-23-21(28)15-7-4-5-9-17(15)24-20(27)14-11-19(26)25(12-14)18-10-6-8-16(22)13(18)2/h4-10,14H,3,11-12H2,1-2H3,(H,23,28)(H,24,27)/t14-/m1/s1. The van der Waals surface area contributed by atoms with Crippen LogP contribution in [0.15, 0.2) is 42.5 Å². The van der Waals surface area contributed by atoms with Crippen LogP contribution in [0.1, 0.15) is 29.3 Å². The molecule has 1 fully saturated rings. The normalized spacial score (nSPS) is 16.2. The summed E-state index contributed by atoms with van der Waals surface area (Å²) in [6, 6.07) is 12.2. The minimum atomic E-state index is -0.506. The maximum absolute atomic E-state index is 12.8. The summed E-state index contributed by atoms with van der Waals surface area (Å²) in [5, 5.41) is 6.11. The SMILES string of the molecule is CCNC(=O)c1ccccc1NC(=O)[C@@H]1CC(=O)N(c2cccc(Cl)c2C)C1. The zero-order valence-electron chi connectivity index (χ0n) is 15.8. The summed E-state index contributed by atoms with van der Waals surface area (Å²) < 4.78 is 0. The Labute approximate surface area is 168 Å². The van der Waals surface area contributed by atoms with Gasteiger partial charge in [0.15, 0.2) is 0 Å². The highest BCUT2D eigenvalue weighted by Gasteiger charge is 2.36. The van der Waals surface area contributed by atoms with Gasteiger partial charge in [-0.3, -0.25) is 14.4 Å². The molecule has 0 unspecified atom stereocenters. The van der Waals surface area contributed by atoms with E-state index < -0.39 is 5.92 Å². The first-order valence-electron chi connectivity index (χ1n) is 9.16. The van der Waals surface area contributed by atoms with E-state index in [1.54, 1.807) is 41.3 Å². The van der Waals surface area contributed by atoms with Crippen LogP contribution in [-0.2, 0) is 9.59 Å². The molecule has 7 heteroatoms. The van der Waals surface area contributed by atoms with Crippen molar-refractivity contribution in [3.05, 3.63) is 58.6 Å². The Morgan fingerprint density at radius 1 is 1.18 bits per heavy atom. The molecular formula is C21H22ClN3O3. The van der Waals surface area contributed by atoms with Gasteiger partial charge >= 0.3 is 0 Å². The van der Waals surface area contributed by atoms with Gasteiger partial charge in [0, 0.05) is 30.2 Å². The summed E-state index contributed by atoms with van der Waals surface area (Å²) in [7, 11) is 0. The predicted molar refractivity (Wildman–Crippen MR) is 110 cm³/mol. The van der Waals surface area contributed by atoms with Crippen molar-refractivity contribution < 1.29 is 14.4 Å². The number of para-hydroxylation sites is 1. The largest absolute Gasteiger partial charge is 0.352 e. The van der Waals surface area contributed by atoms with E-state index in [9.17, 15) is 14.4 Å². The Morgan fingerprint density at radius 2 is 1.93 bits per heavy atom. The highest BCUT2D eigenvalue weighted by molar-refractivity contribution is 6.31. The van der Waals surface area contributed by atoms with Crippen LogP contribution in [0.4, 0.5) is 11.4 Å². The maximum atomic E-state index is 12.8. The van der Waals surface area contributed by atoms with Gasteiger partial charge in [-0.2, -0.15) is 0 Å². The molecule has 0 aromatic heterocycles. The third-order valence-electron chi connectivity index (χ3n) is 4.79. The first-order chi connectivity index (χ1) is 13.4. The van der Waals surface area contributed by atoms with Gasteiger partial charge in [0.05, 0.1) is 17.2 Å². The van der Waals surface area contributed by atoms with Crippen molar-refractivity contribution in [3.63, 3.8) is 0 Å². The van der Waals surface area contributed by atoms with E-state index in [2.05, 4.69) is 10.6 Å². The minimum absolute atomic E-state index is 0.112. The molecular weight excluding hydrogens is 378 g/mol. The molecule has 2 N–H and O–H groups in total. The Bertz CT molecular complexity index is 929. The summed E-state index contributed by atoms with van der Waals surface area (Å²) in [4.78, 5) is 39.1.